The summed E-state index contributed by atoms with van der Waals surface area (Å²) in [6.45, 7) is 0. The highest BCUT2D eigenvalue weighted by Crippen LogP contribution is 2.34. The van der Waals surface area contributed by atoms with E-state index >= 15 is 0 Å². The number of nitrogens with one attached hydrogen (secondary N) is 1. The van der Waals surface area contributed by atoms with E-state index in [1.807, 2.05) is 60.7 Å². The second kappa shape index (κ2) is 8.71. The number of thioether (sulfide) groups is 1. The summed E-state index contributed by atoms with van der Waals surface area (Å²) in [4.78, 5) is 31.0. The fourth-order valence-corrected chi connectivity index (χ4v) is 5.70. The van der Waals surface area contributed by atoms with Crippen molar-refractivity contribution in [2.45, 2.75) is 49.3 Å². The lowest BCUT2D eigenvalue weighted by Crippen LogP contribution is -2.35. The van der Waals surface area contributed by atoms with Gasteiger partial charge in [-0.1, -0.05) is 72.4 Å². The topological polar surface area (TPSA) is 64.0 Å². The smallest absolute Gasteiger partial charge is 0.257 e. The number of nitrogens with zero attached hydrogens (tertiary/aromatic N) is 2. The number of benzene rings is 2. The Morgan fingerprint density at radius 1 is 1.03 bits per heavy atom. The molecule has 1 amide bonds. The van der Waals surface area contributed by atoms with Crippen LogP contribution in [-0.4, -0.2) is 21.2 Å². The van der Waals surface area contributed by atoms with Gasteiger partial charge in [-0.15, -0.1) is 0 Å². The van der Waals surface area contributed by atoms with Gasteiger partial charge in [0.15, 0.2) is 5.16 Å². The Labute approximate surface area is 185 Å². The molecule has 0 fully saturated rings. The summed E-state index contributed by atoms with van der Waals surface area (Å²) >= 11 is 1.59. The van der Waals surface area contributed by atoms with Crippen LogP contribution in [0.5, 0.6) is 0 Å². The molecule has 2 aliphatic rings. The molecule has 1 aliphatic heterocycles. The summed E-state index contributed by atoms with van der Waals surface area (Å²) in [6, 6.07) is 19.6. The van der Waals surface area contributed by atoms with Gasteiger partial charge in [-0.2, -0.15) is 0 Å². The van der Waals surface area contributed by atoms with Crippen LogP contribution in [0.15, 0.2) is 70.6 Å². The number of carbonyl (C=O) groups excluding carboxylic acids is 1. The molecule has 31 heavy (non-hydrogen) atoms. The first-order valence-electron chi connectivity index (χ1n) is 10.9. The predicted molar refractivity (Wildman–Crippen MR) is 122 cm³/mol. The Balaban J connectivity index is 1.38. The van der Waals surface area contributed by atoms with E-state index in [0.29, 0.717) is 5.75 Å². The van der Waals surface area contributed by atoms with E-state index in [-0.39, 0.29) is 30.0 Å². The van der Waals surface area contributed by atoms with Crippen molar-refractivity contribution in [1.82, 2.24) is 14.9 Å². The normalized spacial score (nSPS) is 17.3. The summed E-state index contributed by atoms with van der Waals surface area (Å²) in [7, 11) is 0. The number of amides is 1. The first-order valence-corrected chi connectivity index (χ1v) is 11.9. The molecule has 1 aliphatic carbocycles. The molecule has 0 radical (unpaired) electrons. The fraction of sp³-hybridized carbons (Fsp3) is 0.320. The van der Waals surface area contributed by atoms with Gasteiger partial charge in [0.1, 0.15) is 0 Å². The maximum absolute atomic E-state index is 13.1. The number of carbonyl (C=O) groups is 1. The molecule has 0 bridgehead atoms. The summed E-state index contributed by atoms with van der Waals surface area (Å²) in [5.41, 5.74) is 3.96. The van der Waals surface area contributed by atoms with E-state index < -0.39 is 0 Å². The zero-order valence-electron chi connectivity index (χ0n) is 17.3. The molecule has 6 heteroatoms. The molecular formula is C25H25N3O2S. The van der Waals surface area contributed by atoms with Gasteiger partial charge >= 0.3 is 0 Å². The van der Waals surface area contributed by atoms with E-state index in [2.05, 4.69) is 5.32 Å². The average molecular weight is 432 g/mol. The molecular weight excluding hydrogens is 406 g/mol. The third-order valence-electron chi connectivity index (χ3n) is 6.11. The minimum Gasteiger partial charge on any atom is -0.345 e. The molecule has 2 heterocycles. The molecule has 5 rings (SSSR count). The van der Waals surface area contributed by atoms with Crippen LogP contribution < -0.4 is 10.9 Å². The standard InChI is InChI=1S/C25H25N3O2S/c29-22(27-23(17-9-3-1-4-10-17)18-11-5-2-6-12-18)15-19-16-31-25-26-21-14-8-7-13-20(21)24(30)28(19)25/h1-6,9-12,19,23H,7-8,13-16H2,(H,27,29). The van der Waals surface area contributed by atoms with Gasteiger partial charge in [-0.3, -0.25) is 14.2 Å². The van der Waals surface area contributed by atoms with Gasteiger partial charge in [0, 0.05) is 17.7 Å². The zero-order valence-corrected chi connectivity index (χ0v) is 18.1. The Bertz CT molecular complexity index is 1110. The number of fused-ring (bicyclic) bond motifs is 2. The average Bonchev–Trinajstić information content (AvgIpc) is 3.21. The summed E-state index contributed by atoms with van der Waals surface area (Å²) in [6.07, 6.45) is 4.10. The van der Waals surface area contributed by atoms with Crippen molar-refractivity contribution in [1.29, 1.82) is 0 Å². The summed E-state index contributed by atoms with van der Waals surface area (Å²) in [5, 5.41) is 3.97. The highest BCUT2D eigenvalue weighted by atomic mass is 32.2. The molecule has 0 spiro atoms. The molecule has 1 atom stereocenters. The van der Waals surface area contributed by atoms with Crippen LogP contribution in [-0.2, 0) is 17.6 Å². The molecule has 1 N–H and O–H groups in total. The molecule has 3 aromatic rings. The summed E-state index contributed by atoms with van der Waals surface area (Å²) < 4.78 is 1.77. The van der Waals surface area contributed by atoms with Gasteiger partial charge in [-0.25, -0.2) is 4.98 Å². The first-order chi connectivity index (χ1) is 15.2. The largest absolute Gasteiger partial charge is 0.345 e. The minimum absolute atomic E-state index is 0.0548. The molecule has 158 valence electrons. The maximum Gasteiger partial charge on any atom is 0.257 e. The van der Waals surface area contributed by atoms with E-state index in [1.165, 1.54) is 0 Å². The second-order valence-electron chi connectivity index (χ2n) is 8.19. The predicted octanol–water partition coefficient (Wildman–Crippen LogP) is 4.06. The van der Waals surface area contributed by atoms with Crippen molar-refractivity contribution in [3.8, 4) is 0 Å². The quantitative estimate of drug-likeness (QED) is 0.619. The van der Waals surface area contributed by atoms with Crippen molar-refractivity contribution < 1.29 is 4.79 Å². The lowest BCUT2D eigenvalue weighted by Gasteiger charge is -2.22. The maximum atomic E-state index is 13.1. The number of aryl methyl sites for hydroxylation is 1. The number of rotatable bonds is 5. The van der Waals surface area contributed by atoms with Crippen LogP contribution in [0.4, 0.5) is 0 Å². The van der Waals surface area contributed by atoms with Gasteiger partial charge < -0.3 is 5.32 Å². The Kier molecular flexibility index (Phi) is 5.64. The van der Waals surface area contributed by atoms with E-state index in [1.54, 1.807) is 16.3 Å². The highest BCUT2D eigenvalue weighted by molar-refractivity contribution is 7.99. The van der Waals surface area contributed by atoms with Crippen molar-refractivity contribution in [2.24, 2.45) is 0 Å². The van der Waals surface area contributed by atoms with Gasteiger partial charge in [-0.05, 0) is 36.8 Å². The summed E-state index contributed by atoms with van der Waals surface area (Å²) in [5.74, 6) is 0.653. The Hall–Kier alpha value is -2.86. The van der Waals surface area contributed by atoms with Crippen molar-refractivity contribution >= 4 is 17.7 Å². The van der Waals surface area contributed by atoms with Gasteiger partial charge in [0.2, 0.25) is 5.91 Å². The lowest BCUT2D eigenvalue weighted by molar-refractivity contribution is -0.122. The van der Waals surface area contributed by atoms with Crippen LogP contribution in [0.2, 0.25) is 0 Å². The molecule has 5 nitrogen and oxygen atoms in total. The lowest BCUT2D eigenvalue weighted by atomic mass is 9.97. The molecule has 0 saturated heterocycles. The van der Waals surface area contributed by atoms with Crippen LogP contribution in [0, 0.1) is 0 Å². The molecule has 0 saturated carbocycles. The third kappa shape index (κ3) is 4.04. The number of hydrogen-bond donors (Lipinski definition) is 1. The first kappa shape index (κ1) is 20.1. The highest BCUT2D eigenvalue weighted by Gasteiger charge is 2.31. The molecule has 1 unspecified atom stereocenters. The molecule has 1 aromatic heterocycles. The van der Waals surface area contributed by atoms with Crippen LogP contribution >= 0.6 is 11.8 Å². The monoisotopic (exact) mass is 431 g/mol. The minimum atomic E-state index is -0.221. The van der Waals surface area contributed by atoms with Crippen molar-refractivity contribution in [2.75, 3.05) is 5.75 Å². The van der Waals surface area contributed by atoms with Gasteiger partial charge in [0.25, 0.3) is 5.56 Å². The zero-order chi connectivity index (χ0) is 21.2. The fourth-order valence-electron chi connectivity index (χ4n) is 4.55. The van der Waals surface area contributed by atoms with E-state index in [9.17, 15) is 9.59 Å². The Morgan fingerprint density at radius 3 is 2.35 bits per heavy atom. The third-order valence-corrected chi connectivity index (χ3v) is 7.21. The van der Waals surface area contributed by atoms with Crippen molar-refractivity contribution in [3.63, 3.8) is 0 Å². The van der Waals surface area contributed by atoms with Gasteiger partial charge in [0.05, 0.1) is 17.8 Å². The molecule has 2 aromatic carbocycles. The van der Waals surface area contributed by atoms with Crippen molar-refractivity contribution in [3.05, 3.63) is 93.4 Å². The van der Waals surface area contributed by atoms with E-state index in [4.69, 9.17) is 4.98 Å². The Morgan fingerprint density at radius 2 is 1.68 bits per heavy atom. The SMILES string of the molecule is O=C(CC1CSc2nc3c(c(=O)n21)CCCC3)NC(c1ccccc1)c1ccccc1. The van der Waals surface area contributed by atoms with Crippen LogP contribution in [0.1, 0.15) is 53.7 Å². The second-order valence-corrected chi connectivity index (χ2v) is 9.18. The number of aromatic nitrogens is 2. The van der Waals surface area contributed by atoms with Crippen LogP contribution in [0.25, 0.3) is 0 Å². The van der Waals surface area contributed by atoms with Crippen LogP contribution in [0.3, 0.4) is 0 Å². The van der Waals surface area contributed by atoms with E-state index in [0.717, 1.165) is 53.2 Å². The number of hydrogen-bond acceptors (Lipinski definition) is 4.